The van der Waals surface area contributed by atoms with E-state index in [1.807, 2.05) is 13.8 Å². The Balaban J connectivity index is 2.57. The number of nitrogens with one attached hydrogen (secondary N) is 1. The standard InChI is InChI=1S/C14H15NO3S/c1-10(2)12-8-9-13(14(16)15-12)19(17,18)11-6-4-3-5-7-11/h3-10H,1-2H3,(H,15,16). The predicted octanol–water partition coefficient (Wildman–Crippen LogP) is 2.33. The van der Waals surface area contributed by atoms with E-state index in [-0.39, 0.29) is 15.7 Å². The van der Waals surface area contributed by atoms with Gasteiger partial charge in [0, 0.05) is 5.69 Å². The first-order chi connectivity index (χ1) is 8.93. The van der Waals surface area contributed by atoms with Gasteiger partial charge in [-0.1, -0.05) is 32.0 Å². The van der Waals surface area contributed by atoms with Crippen LogP contribution in [0.1, 0.15) is 25.5 Å². The number of aromatic nitrogens is 1. The van der Waals surface area contributed by atoms with E-state index in [4.69, 9.17) is 0 Å². The quantitative estimate of drug-likeness (QED) is 0.936. The molecule has 0 aliphatic heterocycles. The minimum atomic E-state index is -3.76. The molecular weight excluding hydrogens is 262 g/mol. The van der Waals surface area contributed by atoms with Gasteiger partial charge in [-0.3, -0.25) is 4.79 Å². The number of hydrogen-bond acceptors (Lipinski definition) is 3. The van der Waals surface area contributed by atoms with Crippen molar-refractivity contribution in [3.05, 3.63) is 58.5 Å². The normalized spacial score (nSPS) is 11.7. The SMILES string of the molecule is CC(C)c1ccc(S(=O)(=O)c2ccccc2)c(=O)[nH]1. The highest BCUT2D eigenvalue weighted by atomic mass is 32.2. The van der Waals surface area contributed by atoms with Crippen LogP contribution in [-0.2, 0) is 9.84 Å². The highest BCUT2D eigenvalue weighted by Gasteiger charge is 2.21. The molecule has 0 aliphatic carbocycles. The van der Waals surface area contributed by atoms with Gasteiger partial charge in [-0.25, -0.2) is 8.42 Å². The third-order valence-electron chi connectivity index (χ3n) is 2.86. The predicted molar refractivity (Wildman–Crippen MR) is 73.0 cm³/mol. The fourth-order valence-corrected chi connectivity index (χ4v) is 3.06. The lowest BCUT2D eigenvalue weighted by Crippen LogP contribution is -2.19. The van der Waals surface area contributed by atoms with Gasteiger partial charge in [-0.2, -0.15) is 0 Å². The van der Waals surface area contributed by atoms with E-state index in [2.05, 4.69) is 4.98 Å². The summed E-state index contributed by atoms with van der Waals surface area (Å²) in [6.45, 7) is 3.85. The van der Waals surface area contributed by atoms with Gasteiger partial charge in [-0.05, 0) is 30.2 Å². The molecule has 1 aromatic carbocycles. The smallest absolute Gasteiger partial charge is 0.267 e. The maximum atomic E-state index is 12.3. The number of H-pyrrole nitrogens is 1. The Morgan fingerprint density at radius 1 is 1.00 bits per heavy atom. The topological polar surface area (TPSA) is 67.0 Å². The Labute approximate surface area is 112 Å². The molecule has 0 amide bonds. The molecule has 2 rings (SSSR count). The van der Waals surface area contributed by atoms with Crippen LogP contribution in [0, 0.1) is 0 Å². The summed E-state index contributed by atoms with van der Waals surface area (Å²) in [5, 5.41) is 0. The van der Waals surface area contributed by atoms with E-state index < -0.39 is 15.4 Å². The average molecular weight is 277 g/mol. The first-order valence-corrected chi connectivity index (χ1v) is 7.44. The van der Waals surface area contributed by atoms with Gasteiger partial charge in [0.15, 0.2) is 0 Å². The molecule has 1 aromatic heterocycles. The Morgan fingerprint density at radius 3 is 2.16 bits per heavy atom. The summed E-state index contributed by atoms with van der Waals surface area (Å²) in [5.74, 6) is 0.140. The van der Waals surface area contributed by atoms with Crippen LogP contribution in [0.3, 0.4) is 0 Å². The number of pyridine rings is 1. The van der Waals surface area contributed by atoms with Gasteiger partial charge < -0.3 is 4.98 Å². The summed E-state index contributed by atoms with van der Waals surface area (Å²) < 4.78 is 24.6. The van der Waals surface area contributed by atoms with Gasteiger partial charge in [0.05, 0.1) is 4.90 Å². The molecule has 100 valence electrons. The zero-order valence-electron chi connectivity index (χ0n) is 10.8. The van der Waals surface area contributed by atoms with Gasteiger partial charge in [0.2, 0.25) is 9.84 Å². The summed E-state index contributed by atoms with van der Waals surface area (Å²) in [4.78, 5) is 14.4. The van der Waals surface area contributed by atoms with E-state index in [0.29, 0.717) is 0 Å². The number of benzene rings is 1. The Morgan fingerprint density at radius 2 is 1.63 bits per heavy atom. The van der Waals surface area contributed by atoms with Crippen LogP contribution in [0.5, 0.6) is 0 Å². The van der Waals surface area contributed by atoms with Gasteiger partial charge in [0.1, 0.15) is 4.90 Å². The Bertz CT molecular complexity index is 731. The third kappa shape index (κ3) is 2.61. The highest BCUT2D eigenvalue weighted by Crippen LogP contribution is 2.18. The molecule has 0 unspecified atom stereocenters. The van der Waals surface area contributed by atoms with Gasteiger partial charge in [0.25, 0.3) is 5.56 Å². The van der Waals surface area contributed by atoms with E-state index in [1.165, 1.54) is 18.2 Å². The lowest BCUT2D eigenvalue weighted by molar-refractivity contribution is 0.594. The molecule has 4 nitrogen and oxygen atoms in total. The summed E-state index contributed by atoms with van der Waals surface area (Å²) in [5.41, 5.74) is 0.145. The molecule has 0 radical (unpaired) electrons. The van der Waals surface area contributed by atoms with Crippen molar-refractivity contribution in [3.63, 3.8) is 0 Å². The zero-order valence-corrected chi connectivity index (χ0v) is 11.6. The summed E-state index contributed by atoms with van der Waals surface area (Å²) in [7, 11) is -3.76. The van der Waals surface area contributed by atoms with Crippen LogP contribution in [-0.4, -0.2) is 13.4 Å². The van der Waals surface area contributed by atoms with Crippen molar-refractivity contribution in [2.45, 2.75) is 29.6 Å². The van der Waals surface area contributed by atoms with Gasteiger partial charge in [-0.15, -0.1) is 0 Å². The molecule has 0 saturated carbocycles. The highest BCUT2D eigenvalue weighted by molar-refractivity contribution is 7.91. The summed E-state index contributed by atoms with van der Waals surface area (Å²) in [6, 6.07) is 11.0. The first kappa shape index (κ1) is 13.5. The monoisotopic (exact) mass is 277 g/mol. The molecule has 0 spiro atoms. The molecule has 1 heterocycles. The second-order valence-electron chi connectivity index (χ2n) is 4.58. The van der Waals surface area contributed by atoms with Crippen LogP contribution in [0.2, 0.25) is 0 Å². The van der Waals surface area contributed by atoms with Gasteiger partial charge >= 0.3 is 0 Å². The first-order valence-electron chi connectivity index (χ1n) is 5.96. The summed E-state index contributed by atoms with van der Waals surface area (Å²) in [6.07, 6.45) is 0. The molecule has 0 saturated heterocycles. The molecular formula is C14H15NO3S. The molecule has 19 heavy (non-hydrogen) atoms. The maximum Gasteiger partial charge on any atom is 0.267 e. The van der Waals surface area contributed by atoms with E-state index in [0.717, 1.165) is 5.69 Å². The minimum absolute atomic E-state index is 0.123. The van der Waals surface area contributed by atoms with E-state index in [1.54, 1.807) is 24.3 Å². The van der Waals surface area contributed by atoms with Crippen LogP contribution >= 0.6 is 0 Å². The fourth-order valence-electron chi connectivity index (χ4n) is 1.75. The number of rotatable bonds is 3. The third-order valence-corrected chi connectivity index (χ3v) is 4.65. The lowest BCUT2D eigenvalue weighted by atomic mass is 10.1. The second-order valence-corrected chi connectivity index (χ2v) is 6.50. The van der Waals surface area contributed by atoms with Crippen molar-refractivity contribution in [1.82, 2.24) is 4.98 Å². The fraction of sp³-hybridized carbons (Fsp3) is 0.214. The largest absolute Gasteiger partial charge is 0.325 e. The lowest BCUT2D eigenvalue weighted by Gasteiger charge is -2.07. The van der Waals surface area contributed by atoms with Crippen molar-refractivity contribution < 1.29 is 8.42 Å². The van der Waals surface area contributed by atoms with Crippen LogP contribution in [0.4, 0.5) is 0 Å². The van der Waals surface area contributed by atoms with Crippen molar-refractivity contribution in [3.8, 4) is 0 Å². The van der Waals surface area contributed by atoms with E-state index >= 15 is 0 Å². The average Bonchev–Trinajstić information content (AvgIpc) is 2.39. The van der Waals surface area contributed by atoms with Crippen molar-refractivity contribution in [2.24, 2.45) is 0 Å². The maximum absolute atomic E-state index is 12.3. The van der Waals surface area contributed by atoms with Crippen molar-refractivity contribution in [2.75, 3.05) is 0 Å². The number of hydrogen-bond donors (Lipinski definition) is 1. The Hall–Kier alpha value is -1.88. The minimum Gasteiger partial charge on any atom is -0.325 e. The molecule has 0 bridgehead atoms. The second kappa shape index (κ2) is 5.01. The molecule has 5 heteroatoms. The van der Waals surface area contributed by atoms with Crippen LogP contribution in [0.15, 0.2) is 57.1 Å². The summed E-state index contributed by atoms with van der Waals surface area (Å²) >= 11 is 0. The number of sulfone groups is 1. The van der Waals surface area contributed by atoms with E-state index in [9.17, 15) is 13.2 Å². The van der Waals surface area contributed by atoms with Crippen molar-refractivity contribution in [1.29, 1.82) is 0 Å². The number of aromatic amines is 1. The molecule has 0 fully saturated rings. The molecule has 1 N–H and O–H groups in total. The molecule has 0 atom stereocenters. The zero-order chi connectivity index (χ0) is 14.0. The molecule has 0 aliphatic rings. The Kier molecular flexibility index (Phi) is 3.57. The van der Waals surface area contributed by atoms with Crippen molar-refractivity contribution >= 4 is 9.84 Å². The molecule has 2 aromatic rings. The van der Waals surface area contributed by atoms with Crippen LogP contribution in [0.25, 0.3) is 0 Å². The van der Waals surface area contributed by atoms with Crippen LogP contribution < -0.4 is 5.56 Å².